The summed E-state index contributed by atoms with van der Waals surface area (Å²) in [4.78, 5) is 47.0. The molecule has 1 amide bonds. The Morgan fingerprint density at radius 1 is 1.00 bits per heavy atom. The summed E-state index contributed by atoms with van der Waals surface area (Å²) in [6.07, 6.45) is 2.06. The highest BCUT2D eigenvalue weighted by Crippen LogP contribution is 2.27. The Bertz CT molecular complexity index is 1540. The van der Waals surface area contributed by atoms with Crippen molar-refractivity contribution in [3.63, 3.8) is 0 Å². The number of nitriles is 1. The Balaban J connectivity index is 1.09. The maximum Gasteiger partial charge on any atom is 0.272 e. The molecule has 228 valence electrons. The molecular formula is C35H37FN4O4. The van der Waals surface area contributed by atoms with Crippen LogP contribution in [0.3, 0.4) is 0 Å². The van der Waals surface area contributed by atoms with Crippen LogP contribution >= 0.6 is 0 Å². The molecule has 0 saturated carbocycles. The molecule has 0 bridgehead atoms. The fourth-order valence-electron chi connectivity index (χ4n) is 6.08. The average Bonchev–Trinajstić information content (AvgIpc) is 3.06. The first kappa shape index (κ1) is 31.0. The van der Waals surface area contributed by atoms with E-state index in [2.05, 4.69) is 11.1 Å². The van der Waals surface area contributed by atoms with Crippen molar-refractivity contribution < 1.29 is 23.5 Å². The van der Waals surface area contributed by atoms with Crippen LogP contribution in [0, 0.1) is 30.1 Å². The first-order chi connectivity index (χ1) is 21.2. The molecule has 8 nitrogen and oxygen atoms in total. The molecule has 0 spiro atoms. The molecule has 0 N–H and O–H groups in total. The van der Waals surface area contributed by atoms with Gasteiger partial charge in [0.2, 0.25) is 0 Å². The van der Waals surface area contributed by atoms with Gasteiger partial charge in [0.1, 0.15) is 17.6 Å². The lowest BCUT2D eigenvalue weighted by atomic mass is 9.88. The molecule has 2 saturated heterocycles. The molecule has 2 atom stereocenters. The molecular weight excluding hydrogens is 559 g/mol. The van der Waals surface area contributed by atoms with Crippen LogP contribution in [0.1, 0.15) is 73.6 Å². The second-order valence-electron chi connectivity index (χ2n) is 11.8. The zero-order valence-corrected chi connectivity index (χ0v) is 25.2. The average molecular weight is 597 g/mol. The van der Waals surface area contributed by atoms with Crippen molar-refractivity contribution in [2.24, 2.45) is 11.8 Å². The number of carbonyl (C=O) groups is 3. The van der Waals surface area contributed by atoms with E-state index in [4.69, 9.17) is 4.74 Å². The fraction of sp³-hybridized carbons (Fsp3) is 0.400. The highest BCUT2D eigenvalue weighted by molar-refractivity contribution is 5.99. The number of Topliss-reactive ketones (excluding diaryl/α,β-unsaturated/α-hetero) is 2. The van der Waals surface area contributed by atoms with Crippen LogP contribution in [-0.4, -0.2) is 71.7 Å². The number of aromatic nitrogens is 1. The third-order valence-electron chi connectivity index (χ3n) is 8.87. The van der Waals surface area contributed by atoms with E-state index < -0.39 is 6.17 Å². The largest absolute Gasteiger partial charge is 0.497 e. The predicted octanol–water partition coefficient (Wildman–Crippen LogP) is 5.44. The van der Waals surface area contributed by atoms with Gasteiger partial charge < -0.3 is 9.64 Å². The zero-order valence-electron chi connectivity index (χ0n) is 25.2. The summed E-state index contributed by atoms with van der Waals surface area (Å²) in [6.45, 7) is 4.26. The van der Waals surface area contributed by atoms with Crippen molar-refractivity contribution in [2.75, 3.05) is 33.3 Å². The summed E-state index contributed by atoms with van der Waals surface area (Å²) in [5.74, 6) is -0.178. The summed E-state index contributed by atoms with van der Waals surface area (Å²) < 4.78 is 20.3. The van der Waals surface area contributed by atoms with Crippen molar-refractivity contribution in [1.29, 1.82) is 5.26 Å². The number of hydrogen-bond acceptors (Lipinski definition) is 7. The molecule has 1 unspecified atom stereocenters. The minimum atomic E-state index is -1.14. The van der Waals surface area contributed by atoms with Crippen LogP contribution in [0.2, 0.25) is 0 Å². The third-order valence-corrected chi connectivity index (χ3v) is 8.87. The standard InChI is InChI=1S/C35H37FN4O4/c1-23-3-4-24(17-29(23)19-37)21-39-14-11-27(31(36)22-39)18-33(41)28-7-10-32(38-20-28)35(43)40-15-12-26(13-16-40)34(42)25-5-8-30(44-2)9-6-25/h3-10,17,20,26-27,31H,11-16,18,21-22H2,1-2H3/t27?,31-/m1/s1. The van der Waals surface area contributed by atoms with Crippen molar-refractivity contribution in [2.45, 2.75) is 45.3 Å². The molecule has 2 aliphatic rings. The number of piperidine rings is 2. The number of benzene rings is 2. The summed E-state index contributed by atoms with van der Waals surface area (Å²) in [6, 6.07) is 18.1. The number of likely N-dealkylation sites (tertiary alicyclic amines) is 2. The number of carbonyl (C=O) groups excluding carboxylic acids is 3. The van der Waals surface area contributed by atoms with Crippen LogP contribution < -0.4 is 4.74 Å². The first-order valence-electron chi connectivity index (χ1n) is 15.1. The number of alkyl halides is 1. The number of hydrogen-bond donors (Lipinski definition) is 0. The van der Waals surface area contributed by atoms with Gasteiger partial charge in [0.05, 0.1) is 18.7 Å². The Kier molecular flexibility index (Phi) is 9.81. The van der Waals surface area contributed by atoms with Gasteiger partial charge in [-0.05, 0) is 92.2 Å². The van der Waals surface area contributed by atoms with E-state index >= 15 is 4.39 Å². The minimum absolute atomic E-state index is 0.0717. The zero-order chi connectivity index (χ0) is 31.2. The molecule has 3 heterocycles. The van der Waals surface area contributed by atoms with Crippen LogP contribution in [0.25, 0.3) is 0 Å². The molecule has 2 aliphatic heterocycles. The summed E-state index contributed by atoms with van der Waals surface area (Å²) in [5.41, 5.74) is 3.77. The van der Waals surface area contributed by atoms with Gasteiger partial charge in [0, 0.05) is 55.8 Å². The Hall–Kier alpha value is -4.42. The van der Waals surface area contributed by atoms with Crippen LogP contribution in [0.4, 0.5) is 4.39 Å². The van der Waals surface area contributed by atoms with Crippen LogP contribution in [0.15, 0.2) is 60.8 Å². The predicted molar refractivity (Wildman–Crippen MR) is 163 cm³/mol. The summed E-state index contributed by atoms with van der Waals surface area (Å²) >= 11 is 0. The van der Waals surface area contributed by atoms with Gasteiger partial charge in [-0.2, -0.15) is 5.26 Å². The fourth-order valence-corrected chi connectivity index (χ4v) is 6.08. The number of ketones is 2. The van der Waals surface area contributed by atoms with Crippen LogP contribution in [-0.2, 0) is 6.54 Å². The Morgan fingerprint density at radius 2 is 1.73 bits per heavy atom. The lowest BCUT2D eigenvalue weighted by Crippen LogP contribution is -2.42. The molecule has 0 aliphatic carbocycles. The lowest BCUT2D eigenvalue weighted by molar-refractivity contribution is 0.0644. The Labute approximate surface area is 257 Å². The van der Waals surface area contributed by atoms with Crippen molar-refractivity contribution >= 4 is 17.5 Å². The molecule has 9 heteroatoms. The maximum atomic E-state index is 15.1. The first-order valence-corrected chi connectivity index (χ1v) is 15.1. The molecule has 0 radical (unpaired) electrons. The van der Waals surface area contributed by atoms with Gasteiger partial charge >= 0.3 is 0 Å². The van der Waals surface area contributed by atoms with Gasteiger partial charge in [-0.3, -0.25) is 24.3 Å². The third kappa shape index (κ3) is 7.20. The Morgan fingerprint density at radius 3 is 2.36 bits per heavy atom. The SMILES string of the molecule is COc1ccc(C(=O)C2CCN(C(=O)c3ccc(C(=O)CC4CCN(Cc5ccc(C)c(C#N)c5)C[C@H]4F)cn3)CC2)cc1. The second kappa shape index (κ2) is 13.9. The normalized spacial score (nSPS) is 19.3. The maximum absolute atomic E-state index is 15.1. The van der Waals surface area contributed by atoms with E-state index in [1.54, 1.807) is 48.4 Å². The van der Waals surface area contributed by atoms with Crippen molar-refractivity contribution in [1.82, 2.24) is 14.8 Å². The number of aryl methyl sites for hydroxylation is 1. The van der Waals surface area contributed by atoms with E-state index in [1.165, 1.54) is 6.20 Å². The van der Waals surface area contributed by atoms with E-state index in [-0.39, 0.29) is 48.0 Å². The van der Waals surface area contributed by atoms with Gasteiger partial charge in [0.15, 0.2) is 11.6 Å². The lowest BCUT2D eigenvalue weighted by Gasteiger charge is -2.34. The molecule has 3 aromatic rings. The van der Waals surface area contributed by atoms with Gasteiger partial charge in [-0.25, -0.2) is 4.39 Å². The van der Waals surface area contributed by atoms with Gasteiger partial charge in [0.25, 0.3) is 5.91 Å². The number of rotatable bonds is 9. The smallest absolute Gasteiger partial charge is 0.272 e. The molecule has 1 aromatic heterocycles. The highest BCUT2D eigenvalue weighted by Gasteiger charge is 2.32. The minimum Gasteiger partial charge on any atom is -0.497 e. The molecule has 44 heavy (non-hydrogen) atoms. The van der Waals surface area contributed by atoms with Crippen molar-refractivity contribution in [3.05, 3.63) is 94.3 Å². The number of ether oxygens (including phenoxy) is 1. The molecule has 5 rings (SSSR count). The number of amides is 1. The van der Waals surface area contributed by atoms with Gasteiger partial charge in [-0.15, -0.1) is 0 Å². The highest BCUT2D eigenvalue weighted by atomic mass is 19.1. The van der Waals surface area contributed by atoms with E-state index in [0.29, 0.717) is 67.9 Å². The summed E-state index contributed by atoms with van der Waals surface area (Å²) in [7, 11) is 1.58. The number of pyridine rings is 1. The van der Waals surface area contributed by atoms with E-state index in [9.17, 15) is 19.6 Å². The van der Waals surface area contributed by atoms with E-state index in [1.807, 2.05) is 30.0 Å². The summed E-state index contributed by atoms with van der Waals surface area (Å²) in [5, 5.41) is 9.28. The number of nitrogens with zero attached hydrogens (tertiary/aromatic N) is 4. The van der Waals surface area contributed by atoms with Gasteiger partial charge in [-0.1, -0.05) is 12.1 Å². The van der Waals surface area contributed by atoms with Crippen LogP contribution in [0.5, 0.6) is 5.75 Å². The monoisotopic (exact) mass is 596 g/mol. The molecule has 2 aromatic carbocycles. The topological polar surface area (TPSA) is 104 Å². The number of halogens is 1. The van der Waals surface area contributed by atoms with E-state index in [0.717, 1.165) is 11.1 Å². The molecule has 2 fully saturated rings. The quantitative estimate of drug-likeness (QED) is 0.303. The van der Waals surface area contributed by atoms with Crippen molar-refractivity contribution in [3.8, 4) is 11.8 Å². The number of methoxy groups -OCH3 is 1. The second-order valence-corrected chi connectivity index (χ2v) is 11.8.